The molecule has 100 valence electrons. The molecule has 1 saturated heterocycles. The van der Waals surface area contributed by atoms with Crippen LogP contribution in [0.4, 0.5) is 0 Å². The van der Waals surface area contributed by atoms with Crippen LogP contribution in [0.1, 0.15) is 17.4 Å². The Balaban J connectivity index is 1.85. The highest BCUT2D eigenvalue weighted by Gasteiger charge is 2.21. The lowest BCUT2D eigenvalue weighted by atomic mass is 10.1. The van der Waals surface area contributed by atoms with Gasteiger partial charge in [0, 0.05) is 17.1 Å². The second-order valence-electron chi connectivity index (χ2n) is 4.50. The summed E-state index contributed by atoms with van der Waals surface area (Å²) in [6, 6.07) is 5.68. The first-order chi connectivity index (χ1) is 9.24. The lowest BCUT2D eigenvalue weighted by Crippen LogP contribution is -2.35. The maximum absolute atomic E-state index is 6.10. The molecule has 3 rings (SSSR count). The molecular weight excluding hydrogens is 266 g/mol. The first-order valence-corrected chi connectivity index (χ1v) is 6.53. The number of benzene rings is 1. The standard InChI is InChI=1S/C13H14ClN3O2/c1-8-2-3-9(6-10(8)14)13-16-12(17-19-13)11-7-18-5-4-15-11/h2-3,6,11,15H,4-5,7H2,1H3. The number of morpholine rings is 1. The molecule has 0 spiro atoms. The van der Waals surface area contributed by atoms with Crippen molar-refractivity contribution in [3.63, 3.8) is 0 Å². The molecule has 1 fully saturated rings. The molecule has 6 heteroatoms. The van der Waals surface area contributed by atoms with Crippen LogP contribution >= 0.6 is 11.6 Å². The lowest BCUT2D eigenvalue weighted by Gasteiger charge is -2.20. The number of nitrogens with one attached hydrogen (secondary N) is 1. The van der Waals surface area contributed by atoms with Crippen molar-refractivity contribution in [2.75, 3.05) is 19.8 Å². The van der Waals surface area contributed by atoms with Crippen LogP contribution in [0.3, 0.4) is 0 Å². The van der Waals surface area contributed by atoms with Gasteiger partial charge in [-0.05, 0) is 24.6 Å². The van der Waals surface area contributed by atoms with Crippen molar-refractivity contribution in [3.8, 4) is 11.5 Å². The van der Waals surface area contributed by atoms with E-state index < -0.39 is 0 Å². The Labute approximate surface area is 115 Å². The van der Waals surface area contributed by atoms with Gasteiger partial charge in [0.2, 0.25) is 0 Å². The predicted octanol–water partition coefficient (Wildman–Crippen LogP) is 2.36. The van der Waals surface area contributed by atoms with Gasteiger partial charge in [0.1, 0.15) is 0 Å². The predicted molar refractivity (Wildman–Crippen MR) is 71.0 cm³/mol. The summed E-state index contributed by atoms with van der Waals surface area (Å²) in [5, 5.41) is 7.97. The third-order valence-corrected chi connectivity index (χ3v) is 3.50. The Morgan fingerprint density at radius 3 is 3.05 bits per heavy atom. The van der Waals surface area contributed by atoms with Crippen molar-refractivity contribution >= 4 is 11.6 Å². The molecule has 2 aromatic rings. The fourth-order valence-corrected chi connectivity index (χ4v) is 2.13. The van der Waals surface area contributed by atoms with Crippen molar-refractivity contribution in [2.45, 2.75) is 13.0 Å². The summed E-state index contributed by atoms with van der Waals surface area (Å²) in [6.45, 7) is 4.03. The molecule has 0 radical (unpaired) electrons. The molecule has 1 N–H and O–H groups in total. The van der Waals surface area contributed by atoms with Gasteiger partial charge in [0.05, 0.1) is 19.3 Å². The molecule has 0 bridgehead atoms. The van der Waals surface area contributed by atoms with Gasteiger partial charge in [-0.3, -0.25) is 0 Å². The number of hydrogen-bond donors (Lipinski definition) is 1. The Bertz CT molecular complexity index is 579. The van der Waals surface area contributed by atoms with E-state index >= 15 is 0 Å². The zero-order chi connectivity index (χ0) is 13.2. The second kappa shape index (κ2) is 5.28. The number of rotatable bonds is 2. The van der Waals surface area contributed by atoms with Crippen molar-refractivity contribution in [3.05, 3.63) is 34.6 Å². The fraction of sp³-hybridized carbons (Fsp3) is 0.385. The zero-order valence-corrected chi connectivity index (χ0v) is 11.3. The molecule has 1 unspecified atom stereocenters. The van der Waals surface area contributed by atoms with Crippen molar-refractivity contribution in [1.29, 1.82) is 0 Å². The first kappa shape index (κ1) is 12.6. The zero-order valence-electron chi connectivity index (χ0n) is 10.5. The number of ether oxygens (including phenoxy) is 1. The average Bonchev–Trinajstić information content (AvgIpc) is 2.93. The van der Waals surface area contributed by atoms with E-state index in [1.54, 1.807) is 0 Å². The quantitative estimate of drug-likeness (QED) is 0.914. The van der Waals surface area contributed by atoms with Crippen LogP contribution in [0.2, 0.25) is 5.02 Å². The highest BCUT2D eigenvalue weighted by molar-refractivity contribution is 6.31. The Kier molecular flexibility index (Phi) is 3.50. The monoisotopic (exact) mass is 279 g/mol. The van der Waals surface area contributed by atoms with Crippen LogP contribution < -0.4 is 5.32 Å². The highest BCUT2D eigenvalue weighted by Crippen LogP contribution is 2.25. The van der Waals surface area contributed by atoms with Gasteiger partial charge in [0.15, 0.2) is 5.82 Å². The second-order valence-corrected chi connectivity index (χ2v) is 4.91. The largest absolute Gasteiger partial charge is 0.378 e. The molecule has 1 aromatic heterocycles. The minimum Gasteiger partial charge on any atom is -0.378 e. The number of halogens is 1. The minimum atomic E-state index is -0.00725. The minimum absolute atomic E-state index is 0.00725. The number of nitrogens with zero attached hydrogens (tertiary/aromatic N) is 2. The van der Waals surface area contributed by atoms with Gasteiger partial charge < -0.3 is 14.6 Å². The van der Waals surface area contributed by atoms with Crippen molar-refractivity contribution < 1.29 is 9.26 Å². The summed E-state index contributed by atoms with van der Waals surface area (Å²) in [6.07, 6.45) is 0. The van der Waals surface area contributed by atoms with Gasteiger partial charge in [-0.1, -0.05) is 22.8 Å². The van der Waals surface area contributed by atoms with Gasteiger partial charge in [-0.2, -0.15) is 4.98 Å². The van der Waals surface area contributed by atoms with Crippen LogP contribution in [0.25, 0.3) is 11.5 Å². The number of hydrogen-bond acceptors (Lipinski definition) is 5. The van der Waals surface area contributed by atoms with Gasteiger partial charge >= 0.3 is 0 Å². The van der Waals surface area contributed by atoms with E-state index in [1.807, 2.05) is 25.1 Å². The molecular formula is C13H14ClN3O2. The maximum Gasteiger partial charge on any atom is 0.258 e. The van der Waals surface area contributed by atoms with Crippen LogP contribution in [0, 0.1) is 6.92 Å². The summed E-state index contributed by atoms with van der Waals surface area (Å²) < 4.78 is 10.7. The first-order valence-electron chi connectivity index (χ1n) is 6.15. The van der Waals surface area contributed by atoms with E-state index in [2.05, 4.69) is 15.5 Å². The third-order valence-electron chi connectivity index (χ3n) is 3.09. The summed E-state index contributed by atoms with van der Waals surface area (Å²) in [4.78, 5) is 4.40. The van der Waals surface area contributed by atoms with Crippen LogP contribution in [0.15, 0.2) is 22.7 Å². The van der Waals surface area contributed by atoms with E-state index in [-0.39, 0.29) is 6.04 Å². The third kappa shape index (κ3) is 2.63. The van der Waals surface area contributed by atoms with Crippen molar-refractivity contribution in [1.82, 2.24) is 15.5 Å². The number of aromatic nitrogens is 2. The van der Waals surface area contributed by atoms with E-state index in [0.29, 0.717) is 23.3 Å². The molecule has 2 heterocycles. The summed E-state index contributed by atoms with van der Waals surface area (Å²) in [7, 11) is 0. The topological polar surface area (TPSA) is 60.2 Å². The Hall–Kier alpha value is -1.43. The number of aryl methyl sites for hydroxylation is 1. The fourth-order valence-electron chi connectivity index (χ4n) is 1.95. The Morgan fingerprint density at radius 1 is 1.42 bits per heavy atom. The molecule has 0 aliphatic carbocycles. The summed E-state index contributed by atoms with van der Waals surface area (Å²) in [5.74, 6) is 1.09. The SMILES string of the molecule is Cc1ccc(-c2nc(C3COCCN3)no2)cc1Cl. The van der Waals surface area contributed by atoms with Crippen LogP contribution in [-0.4, -0.2) is 29.9 Å². The molecule has 0 saturated carbocycles. The average molecular weight is 280 g/mol. The summed E-state index contributed by atoms with van der Waals surface area (Å²) >= 11 is 6.10. The van der Waals surface area contributed by atoms with E-state index in [1.165, 1.54) is 0 Å². The molecule has 1 aliphatic rings. The molecule has 1 aliphatic heterocycles. The summed E-state index contributed by atoms with van der Waals surface area (Å²) in [5.41, 5.74) is 1.85. The normalized spacial score (nSPS) is 19.6. The molecule has 1 aromatic carbocycles. The molecule has 5 nitrogen and oxygen atoms in total. The lowest BCUT2D eigenvalue weighted by molar-refractivity contribution is 0.0734. The Morgan fingerprint density at radius 2 is 2.32 bits per heavy atom. The smallest absolute Gasteiger partial charge is 0.258 e. The molecule has 0 amide bonds. The van der Waals surface area contributed by atoms with E-state index in [0.717, 1.165) is 24.3 Å². The van der Waals surface area contributed by atoms with E-state index in [9.17, 15) is 0 Å². The van der Waals surface area contributed by atoms with Crippen molar-refractivity contribution in [2.24, 2.45) is 0 Å². The molecule has 1 atom stereocenters. The van der Waals surface area contributed by atoms with Crippen LogP contribution in [0.5, 0.6) is 0 Å². The van der Waals surface area contributed by atoms with Gasteiger partial charge in [-0.25, -0.2) is 0 Å². The molecule has 19 heavy (non-hydrogen) atoms. The highest BCUT2D eigenvalue weighted by atomic mass is 35.5. The maximum atomic E-state index is 6.10. The van der Waals surface area contributed by atoms with Crippen LogP contribution in [-0.2, 0) is 4.74 Å². The van der Waals surface area contributed by atoms with Gasteiger partial charge in [0.25, 0.3) is 5.89 Å². The van der Waals surface area contributed by atoms with E-state index in [4.69, 9.17) is 20.9 Å². The van der Waals surface area contributed by atoms with Gasteiger partial charge in [-0.15, -0.1) is 0 Å².